The first-order valence-corrected chi connectivity index (χ1v) is 9.31. The molecule has 1 aromatic heterocycles. The van der Waals surface area contributed by atoms with E-state index in [1.165, 1.54) is 10.9 Å². The second kappa shape index (κ2) is 8.21. The third-order valence-corrected chi connectivity index (χ3v) is 4.97. The molecule has 1 heterocycles. The van der Waals surface area contributed by atoms with Crippen LogP contribution < -0.4 is 0 Å². The Morgan fingerprint density at radius 2 is 1.85 bits per heavy atom. The smallest absolute Gasteiger partial charge is 0.306 e. The summed E-state index contributed by atoms with van der Waals surface area (Å²) < 4.78 is 5.35. The molecule has 0 radical (unpaired) electrons. The van der Waals surface area contributed by atoms with Gasteiger partial charge in [0, 0.05) is 29.1 Å². The number of carbonyl (C=O) groups is 2. The molecule has 1 atom stereocenters. The maximum atomic E-state index is 12.5. The minimum atomic E-state index is -0.771. The highest BCUT2D eigenvalue weighted by Crippen LogP contribution is 2.20. The van der Waals surface area contributed by atoms with Gasteiger partial charge in [0.1, 0.15) is 0 Å². The molecular weight excluding hydrogens is 338 g/mol. The molecule has 0 amide bonds. The van der Waals surface area contributed by atoms with Crippen LogP contribution in [0, 0.1) is 13.8 Å². The molecule has 27 heavy (non-hydrogen) atoms. The van der Waals surface area contributed by atoms with E-state index in [0.29, 0.717) is 18.4 Å². The van der Waals surface area contributed by atoms with Gasteiger partial charge in [-0.3, -0.25) is 9.59 Å². The van der Waals surface area contributed by atoms with E-state index in [2.05, 4.69) is 11.1 Å². The number of para-hydroxylation sites is 1. The summed E-state index contributed by atoms with van der Waals surface area (Å²) in [6, 6.07) is 13.7. The van der Waals surface area contributed by atoms with Crippen LogP contribution in [0.15, 0.2) is 48.7 Å². The van der Waals surface area contributed by atoms with Crippen LogP contribution in [0.25, 0.3) is 10.9 Å². The highest BCUT2D eigenvalue weighted by Gasteiger charge is 2.19. The molecule has 4 heteroatoms. The van der Waals surface area contributed by atoms with Gasteiger partial charge in [-0.1, -0.05) is 30.3 Å². The van der Waals surface area contributed by atoms with Gasteiger partial charge in [-0.25, -0.2) is 0 Å². The van der Waals surface area contributed by atoms with Crippen molar-refractivity contribution in [2.45, 2.75) is 46.1 Å². The van der Waals surface area contributed by atoms with Crippen molar-refractivity contribution in [1.82, 2.24) is 4.98 Å². The standard InChI is InChI=1S/C23H25NO3/c1-15-11-12-18(13-16(15)2)23(26)17(3)27-22(25)10-6-7-19-14-24-21-9-5-4-8-20(19)21/h4-5,8-9,11-14,17,24H,6-7,10H2,1-3H3/t17-/m0/s1. The van der Waals surface area contributed by atoms with E-state index in [0.717, 1.165) is 23.1 Å². The van der Waals surface area contributed by atoms with Crippen molar-refractivity contribution in [2.75, 3.05) is 0 Å². The summed E-state index contributed by atoms with van der Waals surface area (Å²) >= 11 is 0. The number of aryl methyl sites for hydroxylation is 3. The fourth-order valence-electron chi connectivity index (χ4n) is 3.20. The molecule has 0 unspecified atom stereocenters. The van der Waals surface area contributed by atoms with Crippen LogP contribution in [0.1, 0.15) is 46.8 Å². The first-order chi connectivity index (χ1) is 13.0. The average Bonchev–Trinajstić information content (AvgIpc) is 3.06. The number of Topliss-reactive ketones (excluding diaryl/α,β-unsaturated/α-hetero) is 1. The number of benzene rings is 2. The van der Waals surface area contributed by atoms with Gasteiger partial charge in [0.25, 0.3) is 0 Å². The summed E-state index contributed by atoms with van der Waals surface area (Å²) in [7, 11) is 0. The molecule has 0 fully saturated rings. The van der Waals surface area contributed by atoms with Crippen LogP contribution in [0.4, 0.5) is 0 Å². The number of aromatic nitrogens is 1. The largest absolute Gasteiger partial charge is 0.454 e. The van der Waals surface area contributed by atoms with Crippen molar-refractivity contribution < 1.29 is 14.3 Å². The zero-order chi connectivity index (χ0) is 19.4. The molecule has 3 aromatic rings. The molecule has 0 aliphatic heterocycles. The zero-order valence-electron chi connectivity index (χ0n) is 16.0. The molecule has 0 bridgehead atoms. The molecule has 2 aromatic carbocycles. The third-order valence-electron chi connectivity index (χ3n) is 4.97. The van der Waals surface area contributed by atoms with Crippen molar-refractivity contribution in [1.29, 1.82) is 0 Å². The Hall–Kier alpha value is -2.88. The lowest BCUT2D eigenvalue weighted by molar-refractivity contribution is -0.146. The number of fused-ring (bicyclic) bond motifs is 1. The van der Waals surface area contributed by atoms with Crippen molar-refractivity contribution in [3.8, 4) is 0 Å². The minimum absolute atomic E-state index is 0.164. The molecule has 0 saturated heterocycles. The van der Waals surface area contributed by atoms with Gasteiger partial charge in [0.05, 0.1) is 0 Å². The fraction of sp³-hybridized carbons (Fsp3) is 0.304. The Balaban J connectivity index is 1.51. The number of hydrogen-bond donors (Lipinski definition) is 1. The Bertz CT molecular complexity index is 971. The number of esters is 1. The van der Waals surface area contributed by atoms with Crippen molar-refractivity contribution in [2.24, 2.45) is 0 Å². The van der Waals surface area contributed by atoms with E-state index >= 15 is 0 Å². The molecular formula is C23H25NO3. The summed E-state index contributed by atoms with van der Waals surface area (Å²) in [5.41, 5.74) is 5.06. The lowest BCUT2D eigenvalue weighted by Crippen LogP contribution is -2.24. The fourth-order valence-corrected chi connectivity index (χ4v) is 3.20. The highest BCUT2D eigenvalue weighted by atomic mass is 16.5. The Kier molecular flexibility index (Phi) is 5.75. The van der Waals surface area contributed by atoms with Gasteiger partial charge in [-0.2, -0.15) is 0 Å². The summed E-state index contributed by atoms with van der Waals surface area (Å²) in [5.74, 6) is -0.498. The van der Waals surface area contributed by atoms with Gasteiger partial charge in [0.15, 0.2) is 6.10 Å². The lowest BCUT2D eigenvalue weighted by Gasteiger charge is -2.13. The number of H-pyrrole nitrogens is 1. The quantitative estimate of drug-likeness (QED) is 0.479. The van der Waals surface area contributed by atoms with Crippen LogP contribution in [0.5, 0.6) is 0 Å². The summed E-state index contributed by atoms with van der Waals surface area (Å²) in [6.07, 6.45) is 2.99. The maximum Gasteiger partial charge on any atom is 0.306 e. The number of rotatable bonds is 7. The zero-order valence-corrected chi connectivity index (χ0v) is 16.0. The van der Waals surface area contributed by atoms with E-state index in [1.807, 2.05) is 50.4 Å². The third kappa shape index (κ3) is 4.45. The number of hydrogen-bond acceptors (Lipinski definition) is 3. The van der Waals surface area contributed by atoms with E-state index in [1.54, 1.807) is 13.0 Å². The van der Waals surface area contributed by atoms with Crippen molar-refractivity contribution in [3.05, 3.63) is 70.9 Å². The molecule has 0 aliphatic rings. The van der Waals surface area contributed by atoms with Crippen LogP contribution >= 0.6 is 0 Å². The normalized spacial score (nSPS) is 12.1. The van der Waals surface area contributed by atoms with E-state index in [4.69, 9.17) is 4.74 Å². The van der Waals surface area contributed by atoms with Crippen LogP contribution in [0.2, 0.25) is 0 Å². The number of aromatic amines is 1. The average molecular weight is 363 g/mol. The number of carbonyl (C=O) groups excluding carboxylic acids is 2. The van der Waals surface area contributed by atoms with Crippen LogP contribution in [0.3, 0.4) is 0 Å². The van der Waals surface area contributed by atoms with Crippen molar-refractivity contribution >= 4 is 22.7 Å². The Labute approximate surface area is 159 Å². The summed E-state index contributed by atoms with van der Waals surface area (Å²) in [5, 5.41) is 1.18. The Morgan fingerprint density at radius 3 is 2.63 bits per heavy atom. The molecule has 0 spiro atoms. The monoisotopic (exact) mass is 363 g/mol. The van der Waals surface area contributed by atoms with Crippen molar-refractivity contribution in [3.63, 3.8) is 0 Å². The molecule has 0 saturated carbocycles. The first-order valence-electron chi connectivity index (χ1n) is 9.31. The molecule has 3 rings (SSSR count). The van der Waals surface area contributed by atoms with Gasteiger partial charge in [-0.15, -0.1) is 0 Å². The van der Waals surface area contributed by atoms with Crippen LogP contribution in [-0.2, 0) is 16.0 Å². The van der Waals surface area contributed by atoms with E-state index in [9.17, 15) is 9.59 Å². The SMILES string of the molecule is Cc1ccc(C(=O)[C@H](C)OC(=O)CCCc2c[nH]c3ccccc23)cc1C. The highest BCUT2D eigenvalue weighted by molar-refractivity contribution is 6.00. The van der Waals surface area contributed by atoms with Gasteiger partial charge < -0.3 is 9.72 Å². The van der Waals surface area contributed by atoms with Gasteiger partial charge in [-0.05, 0) is 62.4 Å². The number of ether oxygens (including phenoxy) is 1. The van der Waals surface area contributed by atoms with E-state index < -0.39 is 6.10 Å². The molecule has 0 aliphatic carbocycles. The van der Waals surface area contributed by atoms with Crippen LogP contribution in [-0.4, -0.2) is 22.8 Å². The molecule has 4 nitrogen and oxygen atoms in total. The predicted octanol–water partition coefficient (Wildman–Crippen LogP) is 4.92. The summed E-state index contributed by atoms with van der Waals surface area (Å²) in [4.78, 5) is 27.8. The second-order valence-electron chi connectivity index (χ2n) is 7.01. The number of ketones is 1. The maximum absolute atomic E-state index is 12.5. The Morgan fingerprint density at radius 1 is 1.07 bits per heavy atom. The topological polar surface area (TPSA) is 59.2 Å². The number of nitrogens with one attached hydrogen (secondary N) is 1. The summed E-state index contributed by atoms with van der Waals surface area (Å²) in [6.45, 7) is 5.60. The van der Waals surface area contributed by atoms with Gasteiger partial charge >= 0.3 is 5.97 Å². The predicted molar refractivity (Wildman–Crippen MR) is 107 cm³/mol. The molecule has 140 valence electrons. The second-order valence-corrected chi connectivity index (χ2v) is 7.01. The first kappa shape index (κ1) is 18.9. The minimum Gasteiger partial charge on any atom is -0.454 e. The molecule has 1 N–H and O–H groups in total. The van der Waals surface area contributed by atoms with Gasteiger partial charge in [0.2, 0.25) is 5.78 Å². The van der Waals surface area contributed by atoms with E-state index in [-0.39, 0.29) is 11.8 Å². The lowest BCUT2D eigenvalue weighted by atomic mass is 10.0.